The number of hydrogen-bond acceptors (Lipinski definition) is 3. The summed E-state index contributed by atoms with van der Waals surface area (Å²) in [6, 6.07) is 8.04. The summed E-state index contributed by atoms with van der Waals surface area (Å²) in [5.41, 5.74) is 0.758. The second kappa shape index (κ2) is 5.23. The van der Waals surface area contributed by atoms with Crippen LogP contribution >= 0.6 is 11.6 Å². The number of nitrogens with zero attached hydrogens (tertiary/aromatic N) is 2. The predicted molar refractivity (Wildman–Crippen MR) is 70.1 cm³/mol. The molecule has 0 fully saturated rings. The minimum atomic E-state index is -0.167. The fraction of sp³-hybridized carbons (Fsp3) is 0.231. The summed E-state index contributed by atoms with van der Waals surface area (Å²) in [6.07, 6.45) is 0.633. The van der Waals surface area contributed by atoms with Gasteiger partial charge in [-0.3, -0.25) is 9.36 Å². The van der Waals surface area contributed by atoms with Crippen LogP contribution in [-0.4, -0.2) is 14.7 Å². The number of hydrogen-bond donors (Lipinski definition) is 1. The molecule has 0 atom stereocenters. The summed E-state index contributed by atoms with van der Waals surface area (Å²) >= 11 is 5.77. The third kappa shape index (κ3) is 2.71. The summed E-state index contributed by atoms with van der Waals surface area (Å²) in [5, 5.41) is 9.44. The molecule has 18 heavy (non-hydrogen) atoms. The Hall–Kier alpha value is -1.81. The molecule has 5 heteroatoms. The standard InChI is InChI=1S/C13H13ClN2O2/c1-2-12-15-11(14)7-13(18)16(12)8-9-3-5-10(17)6-4-9/h3-7,17H,2,8H2,1H3. The van der Waals surface area contributed by atoms with Gasteiger partial charge in [-0.05, 0) is 17.7 Å². The fourth-order valence-electron chi connectivity index (χ4n) is 1.75. The van der Waals surface area contributed by atoms with E-state index in [1.54, 1.807) is 28.8 Å². The zero-order valence-corrected chi connectivity index (χ0v) is 10.7. The first kappa shape index (κ1) is 12.6. The number of aromatic hydroxyl groups is 1. The van der Waals surface area contributed by atoms with Gasteiger partial charge >= 0.3 is 0 Å². The molecule has 0 spiro atoms. The monoisotopic (exact) mass is 264 g/mol. The van der Waals surface area contributed by atoms with Gasteiger partial charge in [0.1, 0.15) is 16.7 Å². The molecule has 0 saturated carbocycles. The van der Waals surface area contributed by atoms with Gasteiger partial charge < -0.3 is 5.11 Å². The third-order valence-corrected chi connectivity index (χ3v) is 2.84. The van der Waals surface area contributed by atoms with Gasteiger partial charge in [0, 0.05) is 12.5 Å². The lowest BCUT2D eigenvalue weighted by atomic mass is 10.2. The zero-order chi connectivity index (χ0) is 13.1. The van der Waals surface area contributed by atoms with Crippen LogP contribution in [0.25, 0.3) is 0 Å². The first-order chi connectivity index (χ1) is 8.60. The normalized spacial score (nSPS) is 10.6. The van der Waals surface area contributed by atoms with E-state index < -0.39 is 0 Å². The summed E-state index contributed by atoms with van der Waals surface area (Å²) in [7, 11) is 0. The molecule has 0 aliphatic rings. The van der Waals surface area contributed by atoms with E-state index in [4.69, 9.17) is 11.6 Å². The lowest BCUT2D eigenvalue weighted by Crippen LogP contribution is -2.24. The third-order valence-electron chi connectivity index (χ3n) is 2.65. The van der Waals surface area contributed by atoms with Crippen LogP contribution in [0, 0.1) is 0 Å². The van der Waals surface area contributed by atoms with Gasteiger partial charge in [0.25, 0.3) is 5.56 Å². The first-order valence-electron chi connectivity index (χ1n) is 5.64. The highest BCUT2D eigenvalue weighted by molar-refractivity contribution is 6.29. The molecule has 0 saturated heterocycles. The number of phenols is 1. The lowest BCUT2D eigenvalue weighted by Gasteiger charge is -2.10. The quantitative estimate of drug-likeness (QED) is 0.865. The number of halogens is 1. The average Bonchev–Trinajstić information content (AvgIpc) is 2.34. The minimum Gasteiger partial charge on any atom is -0.508 e. The lowest BCUT2D eigenvalue weighted by molar-refractivity contribution is 0.475. The van der Waals surface area contributed by atoms with Crippen molar-refractivity contribution in [1.82, 2.24) is 9.55 Å². The molecule has 1 N–H and O–H groups in total. The smallest absolute Gasteiger partial charge is 0.255 e. The second-order valence-electron chi connectivity index (χ2n) is 3.94. The molecule has 2 rings (SSSR count). The molecule has 1 heterocycles. The molecule has 0 bridgehead atoms. The van der Waals surface area contributed by atoms with E-state index in [0.717, 1.165) is 5.56 Å². The van der Waals surface area contributed by atoms with Crippen molar-refractivity contribution in [2.75, 3.05) is 0 Å². The van der Waals surface area contributed by atoms with E-state index in [1.165, 1.54) is 6.07 Å². The molecule has 0 aliphatic carbocycles. The molecular formula is C13H13ClN2O2. The van der Waals surface area contributed by atoms with Gasteiger partial charge in [0.2, 0.25) is 0 Å². The first-order valence-corrected chi connectivity index (χ1v) is 6.02. The van der Waals surface area contributed by atoms with E-state index in [0.29, 0.717) is 18.8 Å². The molecule has 0 radical (unpaired) electrons. The van der Waals surface area contributed by atoms with Crippen molar-refractivity contribution in [2.24, 2.45) is 0 Å². The Morgan fingerprint density at radius 2 is 2.00 bits per heavy atom. The highest BCUT2D eigenvalue weighted by Crippen LogP contribution is 2.11. The number of rotatable bonds is 3. The molecule has 0 aliphatic heterocycles. The molecule has 2 aromatic rings. The van der Waals surface area contributed by atoms with Gasteiger partial charge in [-0.2, -0.15) is 0 Å². The van der Waals surface area contributed by atoms with E-state index in [2.05, 4.69) is 4.98 Å². The van der Waals surface area contributed by atoms with Gasteiger partial charge in [-0.1, -0.05) is 30.7 Å². The highest BCUT2D eigenvalue weighted by Gasteiger charge is 2.06. The van der Waals surface area contributed by atoms with Crippen molar-refractivity contribution in [2.45, 2.75) is 19.9 Å². The van der Waals surface area contributed by atoms with Crippen molar-refractivity contribution in [1.29, 1.82) is 0 Å². The van der Waals surface area contributed by atoms with Crippen molar-refractivity contribution in [3.63, 3.8) is 0 Å². The van der Waals surface area contributed by atoms with Crippen LogP contribution < -0.4 is 5.56 Å². The van der Waals surface area contributed by atoms with Crippen LogP contribution in [0.5, 0.6) is 5.75 Å². The van der Waals surface area contributed by atoms with Crippen molar-refractivity contribution < 1.29 is 5.11 Å². The van der Waals surface area contributed by atoms with Crippen LogP contribution in [0.4, 0.5) is 0 Å². The molecular weight excluding hydrogens is 252 g/mol. The summed E-state index contributed by atoms with van der Waals surface area (Å²) in [4.78, 5) is 16.0. The Morgan fingerprint density at radius 3 is 2.61 bits per heavy atom. The van der Waals surface area contributed by atoms with Crippen molar-refractivity contribution in [3.8, 4) is 5.75 Å². The Balaban J connectivity index is 2.39. The maximum absolute atomic E-state index is 11.9. The zero-order valence-electron chi connectivity index (χ0n) is 9.93. The summed E-state index contributed by atoms with van der Waals surface area (Å²) in [6.45, 7) is 2.35. The second-order valence-corrected chi connectivity index (χ2v) is 4.33. The van der Waals surface area contributed by atoms with Crippen LogP contribution in [0.3, 0.4) is 0 Å². The number of benzene rings is 1. The van der Waals surface area contributed by atoms with Crippen LogP contribution in [0.2, 0.25) is 5.15 Å². The van der Waals surface area contributed by atoms with Crippen LogP contribution in [0.15, 0.2) is 35.1 Å². The predicted octanol–water partition coefficient (Wildman–Crippen LogP) is 2.21. The maximum Gasteiger partial charge on any atom is 0.255 e. The van der Waals surface area contributed by atoms with Gasteiger partial charge in [-0.25, -0.2) is 4.98 Å². The van der Waals surface area contributed by atoms with E-state index >= 15 is 0 Å². The molecule has 4 nitrogen and oxygen atoms in total. The van der Waals surface area contributed by atoms with Gasteiger partial charge in [0.05, 0.1) is 6.54 Å². The molecule has 0 unspecified atom stereocenters. The minimum absolute atomic E-state index is 0.167. The van der Waals surface area contributed by atoms with Crippen molar-refractivity contribution in [3.05, 3.63) is 57.2 Å². The molecule has 94 valence electrons. The largest absolute Gasteiger partial charge is 0.508 e. The van der Waals surface area contributed by atoms with Crippen molar-refractivity contribution >= 4 is 11.6 Å². The highest BCUT2D eigenvalue weighted by atomic mass is 35.5. The van der Waals surface area contributed by atoms with E-state index in [-0.39, 0.29) is 16.5 Å². The Morgan fingerprint density at radius 1 is 1.33 bits per heavy atom. The molecule has 1 aromatic heterocycles. The number of aromatic nitrogens is 2. The molecule has 0 amide bonds. The summed E-state index contributed by atoms with van der Waals surface area (Å²) < 4.78 is 1.58. The molecule has 1 aromatic carbocycles. The summed E-state index contributed by atoms with van der Waals surface area (Å²) in [5.74, 6) is 0.858. The number of phenolic OH excluding ortho intramolecular Hbond substituents is 1. The topological polar surface area (TPSA) is 55.1 Å². The van der Waals surface area contributed by atoms with Gasteiger partial charge in [-0.15, -0.1) is 0 Å². The Labute approximate surface area is 109 Å². The number of aryl methyl sites for hydroxylation is 1. The Bertz CT molecular complexity index is 605. The maximum atomic E-state index is 11.9. The SMILES string of the molecule is CCc1nc(Cl)cc(=O)n1Cc1ccc(O)cc1. The average molecular weight is 265 g/mol. The van der Waals surface area contributed by atoms with E-state index in [9.17, 15) is 9.90 Å². The van der Waals surface area contributed by atoms with Crippen LogP contribution in [-0.2, 0) is 13.0 Å². The van der Waals surface area contributed by atoms with E-state index in [1.807, 2.05) is 6.92 Å². The Kier molecular flexibility index (Phi) is 3.67. The fourth-order valence-corrected chi connectivity index (χ4v) is 1.94. The van der Waals surface area contributed by atoms with Crippen LogP contribution in [0.1, 0.15) is 18.3 Å². The van der Waals surface area contributed by atoms with Gasteiger partial charge in [0.15, 0.2) is 0 Å².